The monoisotopic (exact) mass is 267 g/mol. The Kier molecular flexibility index (Phi) is 3.53. The predicted molar refractivity (Wildman–Crippen MR) is 72.7 cm³/mol. The summed E-state index contributed by atoms with van der Waals surface area (Å²) in [7, 11) is 0. The van der Waals surface area contributed by atoms with Gasteiger partial charge in [0.1, 0.15) is 5.82 Å². The summed E-state index contributed by atoms with van der Waals surface area (Å²) in [4.78, 5) is 11.3. The maximum atomic E-state index is 5.46. The van der Waals surface area contributed by atoms with Crippen molar-refractivity contribution in [1.82, 2.24) is 9.97 Å². The van der Waals surface area contributed by atoms with Gasteiger partial charge in [-0.1, -0.05) is 0 Å². The Labute approximate surface area is 110 Å². The van der Waals surface area contributed by atoms with Crippen molar-refractivity contribution >= 4 is 23.5 Å². The summed E-state index contributed by atoms with van der Waals surface area (Å²) in [5.41, 5.74) is 4.98. The molecule has 0 unspecified atom stereocenters. The first-order chi connectivity index (χ1) is 8.88. The number of nitrogen functional groups attached to an aromatic ring is 1. The summed E-state index contributed by atoms with van der Waals surface area (Å²) in [6.45, 7) is 3.30. The Morgan fingerprint density at radius 3 is 2.89 bits per heavy atom. The van der Waals surface area contributed by atoms with E-state index in [-0.39, 0.29) is 0 Å². The van der Waals surface area contributed by atoms with Crippen LogP contribution in [-0.4, -0.2) is 42.0 Å². The third-order valence-electron chi connectivity index (χ3n) is 3.24. The van der Waals surface area contributed by atoms with E-state index in [0.29, 0.717) is 5.95 Å². The number of anilines is 2. The van der Waals surface area contributed by atoms with Gasteiger partial charge in [-0.25, -0.2) is 10.8 Å². The highest BCUT2D eigenvalue weighted by Gasteiger charge is 2.23. The minimum Gasteiger partial charge on any atom is -0.378 e. The van der Waals surface area contributed by atoms with E-state index < -0.39 is 0 Å². The molecule has 18 heavy (non-hydrogen) atoms. The lowest BCUT2D eigenvalue weighted by Gasteiger charge is -2.31. The SMILES string of the molecule is NNc1nc2c(c(N3CCOCC3)n1)CSCC2. The third-order valence-corrected chi connectivity index (χ3v) is 4.23. The molecule has 7 heteroatoms. The molecule has 3 N–H and O–H groups in total. The quantitative estimate of drug-likeness (QED) is 0.593. The smallest absolute Gasteiger partial charge is 0.239 e. The molecule has 0 aromatic carbocycles. The van der Waals surface area contributed by atoms with E-state index in [1.807, 2.05) is 11.8 Å². The fraction of sp³-hybridized carbons (Fsp3) is 0.636. The second-order valence-electron chi connectivity index (χ2n) is 4.34. The number of hydrogen-bond donors (Lipinski definition) is 2. The van der Waals surface area contributed by atoms with Crippen molar-refractivity contribution in [3.8, 4) is 0 Å². The van der Waals surface area contributed by atoms with Crippen LogP contribution in [0.1, 0.15) is 11.3 Å². The van der Waals surface area contributed by atoms with Crippen LogP contribution in [0.4, 0.5) is 11.8 Å². The number of aryl methyl sites for hydroxylation is 1. The molecule has 2 aliphatic rings. The highest BCUT2D eigenvalue weighted by molar-refractivity contribution is 7.98. The first-order valence-electron chi connectivity index (χ1n) is 6.15. The third kappa shape index (κ3) is 2.25. The number of fused-ring (bicyclic) bond motifs is 1. The summed E-state index contributed by atoms with van der Waals surface area (Å²) < 4.78 is 5.39. The van der Waals surface area contributed by atoms with Gasteiger partial charge in [-0.15, -0.1) is 0 Å². The molecular formula is C11H17N5OS. The Morgan fingerprint density at radius 1 is 1.28 bits per heavy atom. The van der Waals surface area contributed by atoms with Crippen LogP contribution in [0.3, 0.4) is 0 Å². The van der Waals surface area contributed by atoms with Crippen LogP contribution in [0.2, 0.25) is 0 Å². The molecule has 2 aliphatic heterocycles. The van der Waals surface area contributed by atoms with Crippen LogP contribution in [0.15, 0.2) is 0 Å². The zero-order valence-corrected chi connectivity index (χ0v) is 11.0. The Balaban J connectivity index is 1.99. The number of rotatable bonds is 2. The van der Waals surface area contributed by atoms with Crippen LogP contribution in [0.25, 0.3) is 0 Å². The topological polar surface area (TPSA) is 76.3 Å². The summed E-state index contributed by atoms with van der Waals surface area (Å²) in [5, 5.41) is 0. The average molecular weight is 267 g/mol. The number of thioether (sulfide) groups is 1. The standard InChI is InChI=1S/C11H17N5OS/c12-15-11-13-9-1-6-18-7-8(9)10(14-11)16-2-4-17-5-3-16/h1-7,12H2,(H,13,14,15). The van der Waals surface area contributed by atoms with Gasteiger partial charge in [0, 0.05) is 24.4 Å². The molecule has 0 atom stereocenters. The van der Waals surface area contributed by atoms with E-state index in [1.54, 1.807) is 0 Å². The van der Waals surface area contributed by atoms with E-state index in [9.17, 15) is 0 Å². The van der Waals surface area contributed by atoms with E-state index in [1.165, 1.54) is 5.56 Å². The number of nitrogens with zero attached hydrogens (tertiary/aromatic N) is 3. The van der Waals surface area contributed by atoms with Gasteiger partial charge < -0.3 is 9.64 Å². The first-order valence-corrected chi connectivity index (χ1v) is 7.31. The fourth-order valence-electron chi connectivity index (χ4n) is 2.32. The number of nitrogens with one attached hydrogen (secondary N) is 1. The van der Waals surface area contributed by atoms with Gasteiger partial charge in [-0.3, -0.25) is 5.43 Å². The van der Waals surface area contributed by atoms with Gasteiger partial charge in [-0.2, -0.15) is 16.7 Å². The maximum Gasteiger partial charge on any atom is 0.239 e. The van der Waals surface area contributed by atoms with E-state index in [0.717, 1.165) is 55.7 Å². The molecule has 98 valence electrons. The zero-order chi connectivity index (χ0) is 12.4. The minimum atomic E-state index is 0.516. The van der Waals surface area contributed by atoms with E-state index in [2.05, 4.69) is 20.3 Å². The molecule has 0 aliphatic carbocycles. The van der Waals surface area contributed by atoms with Crippen molar-refractivity contribution in [1.29, 1.82) is 0 Å². The Bertz CT molecular complexity index is 436. The highest BCUT2D eigenvalue weighted by Crippen LogP contribution is 2.31. The van der Waals surface area contributed by atoms with E-state index >= 15 is 0 Å². The molecular weight excluding hydrogens is 250 g/mol. The second-order valence-corrected chi connectivity index (χ2v) is 5.45. The van der Waals surface area contributed by atoms with Gasteiger partial charge in [0.25, 0.3) is 0 Å². The van der Waals surface area contributed by atoms with Gasteiger partial charge in [0.15, 0.2) is 0 Å². The molecule has 1 saturated heterocycles. The molecule has 0 spiro atoms. The Morgan fingerprint density at radius 2 is 2.11 bits per heavy atom. The highest BCUT2D eigenvalue weighted by atomic mass is 32.2. The van der Waals surface area contributed by atoms with Crippen LogP contribution < -0.4 is 16.2 Å². The van der Waals surface area contributed by atoms with Gasteiger partial charge >= 0.3 is 0 Å². The lowest BCUT2D eigenvalue weighted by Crippen LogP contribution is -2.38. The molecule has 1 aromatic heterocycles. The van der Waals surface area contributed by atoms with Crippen LogP contribution in [-0.2, 0) is 16.9 Å². The van der Waals surface area contributed by atoms with Crippen molar-refractivity contribution in [2.75, 3.05) is 42.4 Å². The molecule has 1 aromatic rings. The lowest BCUT2D eigenvalue weighted by atomic mass is 10.1. The summed E-state index contributed by atoms with van der Waals surface area (Å²) in [5.74, 6) is 9.12. The molecule has 3 heterocycles. The van der Waals surface area contributed by atoms with E-state index in [4.69, 9.17) is 10.6 Å². The molecule has 6 nitrogen and oxygen atoms in total. The lowest BCUT2D eigenvalue weighted by molar-refractivity contribution is 0.122. The Hall–Kier alpha value is -1.05. The summed E-state index contributed by atoms with van der Waals surface area (Å²) in [6, 6.07) is 0. The van der Waals surface area contributed by atoms with Gasteiger partial charge in [-0.05, 0) is 12.2 Å². The normalized spacial score (nSPS) is 19.5. The molecule has 0 bridgehead atoms. The average Bonchev–Trinajstić information content (AvgIpc) is 2.47. The van der Waals surface area contributed by atoms with Crippen LogP contribution in [0, 0.1) is 0 Å². The number of nitrogens with two attached hydrogens (primary N) is 1. The van der Waals surface area contributed by atoms with Crippen molar-refractivity contribution in [2.45, 2.75) is 12.2 Å². The van der Waals surface area contributed by atoms with Crippen molar-refractivity contribution in [3.63, 3.8) is 0 Å². The van der Waals surface area contributed by atoms with Crippen LogP contribution in [0.5, 0.6) is 0 Å². The first kappa shape index (κ1) is 12.0. The number of ether oxygens (including phenoxy) is 1. The van der Waals surface area contributed by atoms with Crippen molar-refractivity contribution in [2.24, 2.45) is 5.84 Å². The van der Waals surface area contributed by atoms with Gasteiger partial charge in [0.2, 0.25) is 5.95 Å². The van der Waals surface area contributed by atoms with Crippen molar-refractivity contribution < 1.29 is 4.74 Å². The molecule has 3 rings (SSSR count). The van der Waals surface area contributed by atoms with Gasteiger partial charge in [0.05, 0.1) is 18.9 Å². The maximum absolute atomic E-state index is 5.46. The zero-order valence-electron chi connectivity index (χ0n) is 10.2. The fourth-order valence-corrected chi connectivity index (χ4v) is 3.30. The number of aromatic nitrogens is 2. The number of hydrazine groups is 1. The molecule has 0 amide bonds. The molecule has 1 fully saturated rings. The largest absolute Gasteiger partial charge is 0.378 e. The van der Waals surface area contributed by atoms with Crippen molar-refractivity contribution in [3.05, 3.63) is 11.3 Å². The summed E-state index contributed by atoms with van der Waals surface area (Å²) >= 11 is 1.94. The molecule has 0 radical (unpaired) electrons. The number of morpholine rings is 1. The predicted octanol–water partition coefficient (Wildman–Crippen LogP) is 0.388. The molecule has 0 saturated carbocycles. The summed E-state index contributed by atoms with van der Waals surface area (Å²) in [6.07, 6.45) is 0.995. The van der Waals surface area contributed by atoms with Crippen LogP contribution >= 0.6 is 11.8 Å². The second kappa shape index (κ2) is 5.29. The number of hydrogen-bond acceptors (Lipinski definition) is 7. The minimum absolute atomic E-state index is 0.516.